The summed E-state index contributed by atoms with van der Waals surface area (Å²) in [6.45, 7) is 0. The van der Waals surface area contributed by atoms with E-state index in [0.29, 0.717) is 16.7 Å². The maximum Gasteiger partial charge on any atom is 0.134 e. The molecular weight excluding hydrogens is 316 g/mol. The fourth-order valence-corrected chi connectivity index (χ4v) is 6.63. The topological polar surface area (TPSA) is 49.8 Å². The van der Waals surface area contributed by atoms with Gasteiger partial charge in [-0.25, -0.2) is 4.98 Å². The number of thiazole rings is 1. The molecule has 0 aliphatic heterocycles. The molecule has 0 unspecified atom stereocenters. The van der Waals surface area contributed by atoms with Crippen molar-refractivity contribution in [2.45, 2.75) is 43.9 Å². The highest BCUT2D eigenvalue weighted by Crippen LogP contribution is 2.60. The van der Waals surface area contributed by atoms with Gasteiger partial charge in [-0.15, -0.1) is 11.3 Å². The van der Waals surface area contributed by atoms with Crippen molar-refractivity contribution in [3.05, 3.63) is 40.2 Å². The smallest absolute Gasteiger partial charge is 0.134 e. The molecule has 4 aliphatic rings. The third kappa shape index (κ3) is 2.26. The third-order valence-corrected chi connectivity index (χ3v) is 7.14. The van der Waals surface area contributed by atoms with Crippen LogP contribution < -0.4 is 0 Å². The van der Waals surface area contributed by atoms with Gasteiger partial charge in [0.2, 0.25) is 0 Å². The van der Waals surface area contributed by atoms with E-state index in [2.05, 4.69) is 11.4 Å². The zero-order valence-electron chi connectivity index (χ0n) is 13.6. The minimum absolute atomic E-state index is 0.300. The van der Waals surface area contributed by atoms with Gasteiger partial charge in [0.1, 0.15) is 16.8 Å². The van der Waals surface area contributed by atoms with Gasteiger partial charge in [0.15, 0.2) is 0 Å². The second-order valence-corrected chi connectivity index (χ2v) is 8.78. The lowest BCUT2D eigenvalue weighted by Crippen LogP contribution is -2.48. The van der Waals surface area contributed by atoms with Crippen molar-refractivity contribution < 1.29 is 4.42 Å². The monoisotopic (exact) mass is 336 g/mol. The van der Waals surface area contributed by atoms with E-state index in [0.717, 1.165) is 22.8 Å². The first-order valence-electron chi connectivity index (χ1n) is 8.86. The zero-order chi connectivity index (χ0) is 16.1. The Morgan fingerprint density at radius 2 is 1.96 bits per heavy atom. The molecule has 2 aromatic rings. The maximum absolute atomic E-state index is 9.53. The van der Waals surface area contributed by atoms with Gasteiger partial charge >= 0.3 is 0 Å². The fourth-order valence-electron chi connectivity index (χ4n) is 5.72. The molecule has 0 spiro atoms. The van der Waals surface area contributed by atoms with Crippen LogP contribution in [-0.4, -0.2) is 4.98 Å². The van der Waals surface area contributed by atoms with Crippen LogP contribution in [0, 0.1) is 29.1 Å². The van der Waals surface area contributed by atoms with Crippen molar-refractivity contribution in [2.24, 2.45) is 17.8 Å². The molecule has 0 radical (unpaired) electrons. The molecule has 0 saturated heterocycles. The Morgan fingerprint density at radius 3 is 2.54 bits per heavy atom. The number of allylic oxidation sites excluding steroid dienone is 1. The van der Waals surface area contributed by atoms with Gasteiger partial charge in [-0.3, -0.25) is 0 Å². The van der Waals surface area contributed by atoms with Crippen LogP contribution in [0.1, 0.15) is 55.0 Å². The molecule has 4 saturated carbocycles. The summed E-state index contributed by atoms with van der Waals surface area (Å²) in [5.41, 5.74) is 2.16. The number of hydrogen-bond donors (Lipinski definition) is 0. The predicted octanol–water partition coefficient (Wildman–Crippen LogP) is 5.27. The summed E-state index contributed by atoms with van der Waals surface area (Å²) in [4.78, 5) is 4.94. The van der Waals surface area contributed by atoms with Gasteiger partial charge in [-0.05, 0) is 68.4 Å². The number of hydrogen-bond acceptors (Lipinski definition) is 4. The van der Waals surface area contributed by atoms with E-state index >= 15 is 0 Å². The highest BCUT2D eigenvalue weighted by Gasteiger charge is 2.52. The van der Waals surface area contributed by atoms with Gasteiger partial charge < -0.3 is 4.42 Å². The number of rotatable bonds is 3. The molecule has 2 heterocycles. The van der Waals surface area contributed by atoms with Crippen LogP contribution in [0.2, 0.25) is 0 Å². The first-order chi connectivity index (χ1) is 11.7. The first-order valence-corrected chi connectivity index (χ1v) is 9.74. The van der Waals surface area contributed by atoms with Gasteiger partial charge in [0, 0.05) is 16.9 Å². The van der Waals surface area contributed by atoms with Crippen molar-refractivity contribution in [3.63, 3.8) is 0 Å². The summed E-state index contributed by atoms with van der Waals surface area (Å²) in [5, 5.41) is 12.6. The molecule has 4 aliphatic carbocycles. The number of nitriles is 1. The summed E-state index contributed by atoms with van der Waals surface area (Å²) in [5.74, 6) is 3.44. The summed E-state index contributed by atoms with van der Waals surface area (Å²) in [7, 11) is 0. The molecule has 122 valence electrons. The van der Waals surface area contributed by atoms with Crippen molar-refractivity contribution in [3.8, 4) is 6.07 Å². The molecule has 0 N–H and O–H groups in total. The van der Waals surface area contributed by atoms with Crippen molar-refractivity contribution in [1.29, 1.82) is 5.26 Å². The van der Waals surface area contributed by atoms with Crippen LogP contribution in [0.3, 0.4) is 0 Å². The lowest BCUT2D eigenvalue weighted by molar-refractivity contribution is -0.00694. The van der Waals surface area contributed by atoms with Gasteiger partial charge in [-0.1, -0.05) is 0 Å². The normalized spacial score (nSPS) is 34.5. The quantitative estimate of drug-likeness (QED) is 0.718. The Labute approximate surface area is 146 Å². The summed E-state index contributed by atoms with van der Waals surface area (Å²) in [6.07, 6.45) is 11.7. The lowest BCUT2D eigenvalue weighted by Gasteiger charge is -2.56. The molecule has 6 rings (SSSR count). The van der Waals surface area contributed by atoms with Crippen molar-refractivity contribution in [1.82, 2.24) is 4.98 Å². The third-order valence-electron chi connectivity index (χ3n) is 6.27. The summed E-state index contributed by atoms with van der Waals surface area (Å²) in [6, 6.07) is 6.00. The maximum atomic E-state index is 9.53. The fraction of sp³-hybridized carbons (Fsp3) is 0.500. The molecule has 2 aromatic heterocycles. The molecule has 24 heavy (non-hydrogen) atoms. The molecular formula is C20H20N2OS. The van der Waals surface area contributed by atoms with Crippen LogP contribution in [0.15, 0.2) is 28.2 Å². The minimum atomic E-state index is 0.300. The summed E-state index contributed by atoms with van der Waals surface area (Å²) >= 11 is 1.61. The first kappa shape index (κ1) is 14.5. The Balaban J connectivity index is 1.48. The van der Waals surface area contributed by atoms with Crippen LogP contribution >= 0.6 is 11.3 Å². The average molecular weight is 336 g/mol. The number of aromatic nitrogens is 1. The van der Waals surface area contributed by atoms with E-state index < -0.39 is 0 Å². The van der Waals surface area contributed by atoms with Crippen LogP contribution in [0.5, 0.6) is 0 Å². The standard InChI is InChI=1S/C20H20N2OS/c21-11-16(7-17-2-1-3-23-17)19-22-18(12-24-19)20-8-13-4-14(9-20)6-15(5-13)10-20/h1-3,7,12-15H,4-6,8-10H2/b16-7+. The van der Waals surface area contributed by atoms with E-state index in [4.69, 9.17) is 9.40 Å². The molecule has 0 amide bonds. The highest BCUT2D eigenvalue weighted by atomic mass is 32.1. The van der Waals surface area contributed by atoms with E-state index in [1.807, 2.05) is 12.1 Å². The van der Waals surface area contributed by atoms with E-state index in [1.54, 1.807) is 23.7 Å². The SMILES string of the molecule is N#C/C(=C\c1ccco1)c1nc(C23CC4CC(CC(C4)C2)C3)cs1. The Morgan fingerprint density at radius 1 is 1.25 bits per heavy atom. The molecule has 3 nitrogen and oxygen atoms in total. The van der Waals surface area contributed by atoms with Crippen molar-refractivity contribution >= 4 is 23.0 Å². The predicted molar refractivity (Wildman–Crippen MR) is 94.2 cm³/mol. The van der Waals surface area contributed by atoms with Crippen molar-refractivity contribution in [2.75, 3.05) is 0 Å². The lowest BCUT2D eigenvalue weighted by atomic mass is 9.49. The van der Waals surface area contributed by atoms with Crippen LogP contribution in [-0.2, 0) is 5.41 Å². The molecule has 0 atom stereocenters. The van der Waals surface area contributed by atoms with E-state index in [1.165, 1.54) is 44.2 Å². The number of nitrogens with zero attached hydrogens (tertiary/aromatic N) is 2. The van der Waals surface area contributed by atoms with Gasteiger partial charge in [-0.2, -0.15) is 5.26 Å². The van der Waals surface area contributed by atoms with Gasteiger partial charge in [0.25, 0.3) is 0 Å². The number of furan rings is 1. The largest absolute Gasteiger partial charge is 0.465 e. The van der Waals surface area contributed by atoms with E-state index in [9.17, 15) is 5.26 Å². The zero-order valence-corrected chi connectivity index (χ0v) is 14.4. The second kappa shape index (κ2) is 5.32. The second-order valence-electron chi connectivity index (χ2n) is 7.92. The highest BCUT2D eigenvalue weighted by molar-refractivity contribution is 7.11. The average Bonchev–Trinajstić information content (AvgIpc) is 3.23. The molecule has 4 fully saturated rings. The molecule has 4 bridgehead atoms. The summed E-state index contributed by atoms with van der Waals surface area (Å²) < 4.78 is 5.34. The Bertz CT molecular complexity index is 789. The Kier molecular flexibility index (Phi) is 3.21. The van der Waals surface area contributed by atoms with Crippen LogP contribution in [0.25, 0.3) is 11.6 Å². The molecule has 4 heteroatoms. The van der Waals surface area contributed by atoms with E-state index in [-0.39, 0.29) is 0 Å². The minimum Gasteiger partial charge on any atom is -0.465 e. The molecule has 0 aromatic carbocycles. The van der Waals surface area contributed by atoms with Crippen LogP contribution in [0.4, 0.5) is 0 Å². The van der Waals surface area contributed by atoms with Gasteiger partial charge in [0.05, 0.1) is 17.5 Å². The Hall–Kier alpha value is -1.86.